The fourth-order valence-corrected chi connectivity index (χ4v) is 0.320. The summed E-state index contributed by atoms with van der Waals surface area (Å²) in [5.74, 6) is 0. The van der Waals surface area contributed by atoms with Gasteiger partial charge >= 0.3 is 0 Å². The third-order valence-electron chi connectivity index (χ3n) is 0.766. The molecule has 0 radical (unpaired) electrons. The van der Waals surface area contributed by atoms with Gasteiger partial charge in [0.15, 0.2) is 0 Å². The molecule has 0 heterocycles. The summed E-state index contributed by atoms with van der Waals surface area (Å²) in [6, 6.07) is 0. The fourth-order valence-electron chi connectivity index (χ4n) is 0.320. The van der Waals surface area contributed by atoms with E-state index in [4.69, 9.17) is 16.0 Å². The third-order valence-corrected chi connectivity index (χ3v) is 0.766. The van der Waals surface area contributed by atoms with Crippen molar-refractivity contribution in [2.75, 3.05) is 20.8 Å². The first-order chi connectivity index (χ1) is 3.85. The van der Waals surface area contributed by atoms with Gasteiger partial charge in [-0.25, -0.2) is 6.57 Å². The molecule has 0 aliphatic rings. The van der Waals surface area contributed by atoms with Gasteiger partial charge in [-0.15, -0.1) is 0 Å². The van der Waals surface area contributed by atoms with Gasteiger partial charge in [-0.3, -0.25) is 0 Å². The van der Waals surface area contributed by atoms with Crippen molar-refractivity contribution in [3.8, 4) is 0 Å². The highest BCUT2D eigenvalue weighted by Gasteiger charge is 2.05. The minimum Gasteiger partial charge on any atom is -0.350 e. The van der Waals surface area contributed by atoms with Gasteiger partial charge in [-0.1, -0.05) is 0 Å². The molecule has 0 saturated carbocycles. The van der Waals surface area contributed by atoms with Crippen molar-refractivity contribution in [2.24, 2.45) is 0 Å². The van der Waals surface area contributed by atoms with Crippen LogP contribution in [0.1, 0.15) is 0 Å². The van der Waals surface area contributed by atoms with Crippen molar-refractivity contribution < 1.29 is 9.47 Å². The summed E-state index contributed by atoms with van der Waals surface area (Å²) < 4.78 is 9.41. The highest BCUT2D eigenvalue weighted by Crippen LogP contribution is 1.89. The van der Waals surface area contributed by atoms with E-state index in [0.717, 1.165) is 0 Å². The number of hydrogen-bond donors (Lipinski definition) is 0. The van der Waals surface area contributed by atoms with Crippen molar-refractivity contribution in [3.05, 3.63) is 11.4 Å². The molecule has 0 aliphatic carbocycles. The first-order valence-electron chi connectivity index (χ1n) is 2.24. The highest BCUT2D eigenvalue weighted by molar-refractivity contribution is 4.60. The van der Waals surface area contributed by atoms with Gasteiger partial charge in [0.2, 0.25) is 6.29 Å². The summed E-state index contributed by atoms with van der Waals surface area (Å²) in [5.41, 5.74) is 0. The van der Waals surface area contributed by atoms with Crippen molar-refractivity contribution in [1.29, 1.82) is 0 Å². The van der Waals surface area contributed by atoms with Crippen LogP contribution in [0, 0.1) is 6.57 Å². The highest BCUT2D eigenvalue weighted by atomic mass is 16.7. The smallest absolute Gasteiger partial charge is 0.264 e. The molecule has 46 valence electrons. The monoisotopic (exact) mass is 115 g/mol. The first-order valence-corrected chi connectivity index (χ1v) is 2.24. The Morgan fingerprint density at radius 2 is 2.00 bits per heavy atom. The van der Waals surface area contributed by atoms with Crippen LogP contribution in [0.15, 0.2) is 0 Å². The molecule has 0 rings (SSSR count). The van der Waals surface area contributed by atoms with Crippen molar-refractivity contribution in [2.45, 2.75) is 6.29 Å². The van der Waals surface area contributed by atoms with Crippen molar-refractivity contribution in [3.63, 3.8) is 0 Å². The van der Waals surface area contributed by atoms with Gasteiger partial charge in [-0.05, 0) is 0 Å². The van der Waals surface area contributed by atoms with E-state index in [9.17, 15) is 0 Å². The second kappa shape index (κ2) is 4.57. The zero-order chi connectivity index (χ0) is 6.41. The number of hydrogen-bond acceptors (Lipinski definition) is 2. The minimum atomic E-state index is -0.354. The van der Waals surface area contributed by atoms with Crippen LogP contribution in [0.2, 0.25) is 0 Å². The topological polar surface area (TPSA) is 22.8 Å². The van der Waals surface area contributed by atoms with E-state index in [-0.39, 0.29) is 12.8 Å². The largest absolute Gasteiger partial charge is 0.350 e. The molecular weight excluding hydrogens is 106 g/mol. The van der Waals surface area contributed by atoms with Gasteiger partial charge in [0.25, 0.3) is 6.54 Å². The van der Waals surface area contributed by atoms with E-state index >= 15 is 0 Å². The molecule has 3 heteroatoms. The Balaban J connectivity index is 3.25. The maximum absolute atomic E-state index is 6.40. The lowest BCUT2D eigenvalue weighted by atomic mass is 10.6. The Kier molecular flexibility index (Phi) is 4.23. The third kappa shape index (κ3) is 2.56. The van der Waals surface area contributed by atoms with Gasteiger partial charge in [0, 0.05) is 14.2 Å². The molecule has 0 aliphatic heterocycles. The normalized spacial score (nSPS) is 9.25. The predicted molar refractivity (Wildman–Crippen MR) is 29.3 cm³/mol. The van der Waals surface area contributed by atoms with E-state index in [2.05, 4.69) is 4.85 Å². The van der Waals surface area contributed by atoms with Crippen LogP contribution in [0.5, 0.6) is 0 Å². The summed E-state index contributed by atoms with van der Waals surface area (Å²) >= 11 is 0. The lowest BCUT2D eigenvalue weighted by Crippen LogP contribution is -2.15. The zero-order valence-corrected chi connectivity index (χ0v) is 5.05. The van der Waals surface area contributed by atoms with Crippen LogP contribution < -0.4 is 0 Å². The molecule has 0 amide bonds. The maximum atomic E-state index is 6.40. The van der Waals surface area contributed by atoms with E-state index in [1.165, 1.54) is 14.2 Å². The molecule has 0 aromatic carbocycles. The average molecular weight is 115 g/mol. The standard InChI is InChI=1S/C5H9NO2/c1-6-4-5(7-2)8-3/h5H,4H2,2-3H3. The van der Waals surface area contributed by atoms with E-state index in [1.54, 1.807) is 0 Å². The molecule has 0 aromatic rings. The summed E-state index contributed by atoms with van der Waals surface area (Å²) in [5, 5.41) is 0. The molecule has 0 bridgehead atoms. The Bertz CT molecular complexity index is 82.9. The van der Waals surface area contributed by atoms with E-state index in [0.29, 0.717) is 0 Å². The van der Waals surface area contributed by atoms with Crippen molar-refractivity contribution in [1.82, 2.24) is 0 Å². The Labute approximate surface area is 49.0 Å². The quantitative estimate of drug-likeness (QED) is 0.395. The van der Waals surface area contributed by atoms with E-state index < -0.39 is 0 Å². The molecule has 0 spiro atoms. The lowest BCUT2D eigenvalue weighted by Gasteiger charge is -2.03. The number of methoxy groups -OCH3 is 2. The second-order valence-electron chi connectivity index (χ2n) is 1.24. The predicted octanol–water partition coefficient (Wildman–Crippen LogP) is 0.525. The zero-order valence-electron chi connectivity index (χ0n) is 5.05. The SMILES string of the molecule is [C-]#[N+]CC(OC)OC. The minimum absolute atomic E-state index is 0.271. The first kappa shape index (κ1) is 7.41. The van der Waals surface area contributed by atoms with Crippen LogP contribution in [0.25, 0.3) is 4.85 Å². The van der Waals surface area contributed by atoms with Gasteiger partial charge in [0.1, 0.15) is 0 Å². The van der Waals surface area contributed by atoms with Crippen LogP contribution in [-0.2, 0) is 9.47 Å². The molecule has 0 aromatic heterocycles. The molecule has 0 unspecified atom stereocenters. The van der Waals surface area contributed by atoms with Gasteiger partial charge in [0.05, 0.1) is 0 Å². The maximum Gasteiger partial charge on any atom is 0.264 e. The summed E-state index contributed by atoms with van der Waals surface area (Å²) in [6.45, 7) is 6.68. The lowest BCUT2D eigenvalue weighted by molar-refractivity contribution is -0.0894. The van der Waals surface area contributed by atoms with Crippen LogP contribution in [-0.4, -0.2) is 27.1 Å². The molecule has 0 fully saturated rings. The number of rotatable bonds is 3. The van der Waals surface area contributed by atoms with E-state index in [1.807, 2.05) is 0 Å². The summed E-state index contributed by atoms with van der Waals surface area (Å²) in [6.07, 6.45) is -0.354. The molecule has 0 N–H and O–H groups in total. The van der Waals surface area contributed by atoms with Crippen LogP contribution in [0.4, 0.5) is 0 Å². The Morgan fingerprint density at radius 3 is 2.12 bits per heavy atom. The van der Waals surface area contributed by atoms with Gasteiger partial charge in [-0.2, -0.15) is 0 Å². The second-order valence-corrected chi connectivity index (χ2v) is 1.24. The summed E-state index contributed by atoms with van der Waals surface area (Å²) in [4.78, 5) is 3.08. The average Bonchev–Trinajstić information content (AvgIpc) is 1.83. The van der Waals surface area contributed by atoms with Crippen molar-refractivity contribution >= 4 is 0 Å². The number of ether oxygens (including phenoxy) is 2. The van der Waals surface area contributed by atoms with Crippen LogP contribution >= 0.6 is 0 Å². The molecule has 0 saturated heterocycles. The fraction of sp³-hybridized carbons (Fsp3) is 0.800. The molecule has 0 atom stereocenters. The molecule has 3 nitrogen and oxygen atoms in total. The van der Waals surface area contributed by atoms with Crippen LogP contribution in [0.3, 0.4) is 0 Å². The summed E-state index contributed by atoms with van der Waals surface area (Å²) in [7, 11) is 3.03. The Morgan fingerprint density at radius 1 is 1.50 bits per heavy atom. The molecule has 8 heavy (non-hydrogen) atoms. The number of nitrogens with zero attached hydrogens (tertiary/aromatic N) is 1. The molecular formula is C5H9NO2. The Hall–Kier alpha value is -0.590. The van der Waals surface area contributed by atoms with Gasteiger partial charge < -0.3 is 14.3 Å².